The summed E-state index contributed by atoms with van der Waals surface area (Å²) in [5.41, 5.74) is 3.49. The third-order valence-corrected chi connectivity index (χ3v) is 5.73. The van der Waals surface area contributed by atoms with Crippen LogP contribution in [0.4, 0.5) is 20.4 Å². The fourth-order valence-corrected chi connectivity index (χ4v) is 4.05. The molecule has 0 fully saturated rings. The van der Waals surface area contributed by atoms with Crippen LogP contribution in [0.5, 0.6) is 0 Å². The van der Waals surface area contributed by atoms with Crippen molar-refractivity contribution >= 4 is 45.5 Å². The zero-order valence-electron chi connectivity index (χ0n) is 17.9. The third-order valence-electron chi connectivity index (χ3n) is 5.52. The van der Waals surface area contributed by atoms with E-state index in [1.54, 1.807) is 30.5 Å². The van der Waals surface area contributed by atoms with E-state index in [1.807, 2.05) is 6.08 Å². The summed E-state index contributed by atoms with van der Waals surface area (Å²) in [7, 11) is 0. The second-order valence-electron chi connectivity index (χ2n) is 7.65. The van der Waals surface area contributed by atoms with E-state index in [0.717, 1.165) is 5.56 Å². The van der Waals surface area contributed by atoms with Crippen molar-refractivity contribution in [3.63, 3.8) is 0 Å². The summed E-state index contributed by atoms with van der Waals surface area (Å²) in [6, 6.07) is 10.1. The highest BCUT2D eigenvalue weighted by atomic mass is 35.5. The first-order valence-corrected chi connectivity index (χ1v) is 10.8. The van der Waals surface area contributed by atoms with Crippen LogP contribution in [-0.2, 0) is 11.3 Å². The highest BCUT2D eigenvalue weighted by Gasteiger charge is 2.27. The van der Waals surface area contributed by atoms with Crippen molar-refractivity contribution in [1.82, 2.24) is 9.97 Å². The lowest BCUT2D eigenvalue weighted by atomic mass is 9.84. The van der Waals surface area contributed by atoms with E-state index in [0.29, 0.717) is 28.9 Å². The molecule has 174 valence electrons. The molecule has 3 aromatic rings. The highest BCUT2D eigenvalue weighted by Crippen LogP contribution is 2.41. The van der Waals surface area contributed by atoms with E-state index in [-0.39, 0.29) is 27.8 Å². The molecule has 1 aliphatic heterocycles. The van der Waals surface area contributed by atoms with Gasteiger partial charge in [0.05, 0.1) is 16.8 Å². The number of aliphatic imine (C=N–C) groups is 1. The molecule has 2 aliphatic rings. The van der Waals surface area contributed by atoms with Crippen LogP contribution in [0.2, 0.25) is 0 Å². The van der Waals surface area contributed by atoms with E-state index in [4.69, 9.17) is 17.5 Å². The topological polar surface area (TPSA) is 102 Å². The monoisotopic (exact) mass is 491 g/mol. The maximum Gasteiger partial charge on any atom is 0.356 e. The Bertz CT molecular complexity index is 1460. The fraction of sp³-hybridized carbons (Fsp3) is 0.0400. The van der Waals surface area contributed by atoms with E-state index < -0.39 is 17.6 Å². The van der Waals surface area contributed by atoms with Crippen molar-refractivity contribution in [2.45, 2.75) is 6.42 Å². The molecule has 5 rings (SSSR count). The van der Waals surface area contributed by atoms with E-state index in [9.17, 15) is 13.6 Å². The second-order valence-corrected chi connectivity index (χ2v) is 8.03. The maximum absolute atomic E-state index is 14.7. The normalized spacial score (nSPS) is 14.4. The summed E-state index contributed by atoms with van der Waals surface area (Å²) in [6.45, 7) is 0. The quantitative estimate of drug-likeness (QED) is 0.493. The van der Waals surface area contributed by atoms with Crippen molar-refractivity contribution < 1.29 is 18.4 Å². The van der Waals surface area contributed by atoms with Gasteiger partial charge in [-0.15, -0.1) is 0 Å². The van der Waals surface area contributed by atoms with Crippen molar-refractivity contribution in [2.24, 2.45) is 10.9 Å². The van der Waals surface area contributed by atoms with Crippen molar-refractivity contribution in [2.75, 3.05) is 5.32 Å². The summed E-state index contributed by atoms with van der Waals surface area (Å²) >= 11 is 6.22. The Kier molecular flexibility index (Phi) is 5.94. The number of hydrogen-bond donors (Lipinski definition) is 2. The van der Waals surface area contributed by atoms with Gasteiger partial charge in [0.25, 0.3) is 0 Å². The number of halogens is 3. The van der Waals surface area contributed by atoms with Gasteiger partial charge in [-0.3, -0.25) is 0 Å². The Balaban J connectivity index is 1.51. The van der Waals surface area contributed by atoms with E-state index in [2.05, 4.69) is 25.1 Å². The van der Waals surface area contributed by atoms with Crippen molar-refractivity contribution in [3.8, 4) is 0 Å². The zero-order valence-corrected chi connectivity index (χ0v) is 18.7. The van der Waals surface area contributed by atoms with Gasteiger partial charge in [-0.05, 0) is 60.0 Å². The molecule has 0 spiro atoms. The molecule has 0 unspecified atom stereocenters. The number of carbonyl (C=O) groups excluding carboxylic acids is 1. The number of fused-ring (bicyclic) bond motifs is 3. The van der Waals surface area contributed by atoms with Crippen LogP contribution in [0.1, 0.15) is 27.2 Å². The molecular weight excluding hydrogens is 476 g/mol. The zero-order chi connectivity index (χ0) is 24.5. The molecule has 1 aromatic heterocycles. The minimum absolute atomic E-state index is 0.0792. The van der Waals surface area contributed by atoms with Gasteiger partial charge in [0, 0.05) is 29.2 Å². The number of carbonyl (C=O) groups is 1. The average Bonchev–Trinajstić information content (AvgIpc) is 3.03. The van der Waals surface area contributed by atoms with Crippen LogP contribution in [0.3, 0.4) is 0 Å². The molecule has 0 saturated heterocycles. The standard InChI is InChI=1S/C25H16ClF2N5O2/c26-21-10-17(22-19(27)2-1-3-20(22)28)16-9-6-14-11-31-25(33-23(14)18(16)12-30-21)32-15-7-4-13(5-8-15)24(34)35-29/h1-5,7-12H,6,29H2,(H,31,32,33). The molecule has 3 N–H and O–H groups in total. The van der Waals surface area contributed by atoms with Gasteiger partial charge in [-0.25, -0.2) is 28.5 Å². The van der Waals surface area contributed by atoms with Gasteiger partial charge in [0.2, 0.25) is 5.95 Å². The Morgan fingerprint density at radius 1 is 1.06 bits per heavy atom. The lowest BCUT2D eigenvalue weighted by Crippen LogP contribution is -2.11. The van der Waals surface area contributed by atoms with Crippen LogP contribution in [0, 0.1) is 11.6 Å². The van der Waals surface area contributed by atoms with Crippen LogP contribution in [0.15, 0.2) is 77.6 Å². The number of nitrogens with one attached hydrogen (secondary N) is 1. The molecule has 0 atom stereocenters. The summed E-state index contributed by atoms with van der Waals surface area (Å²) in [5.74, 6) is 3.12. The first-order chi connectivity index (χ1) is 16.9. The predicted octanol–water partition coefficient (Wildman–Crippen LogP) is 5.09. The number of allylic oxidation sites excluding steroid dienone is 5. The Labute approximate surface area is 203 Å². The lowest BCUT2D eigenvalue weighted by Gasteiger charge is -2.22. The Hall–Kier alpha value is -4.21. The van der Waals surface area contributed by atoms with E-state index in [1.165, 1.54) is 30.5 Å². The molecule has 2 aromatic carbocycles. The maximum atomic E-state index is 14.7. The van der Waals surface area contributed by atoms with Gasteiger partial charge in [0.1, 0.15) is 16.8 Å². The molecule has 10 heteroatoms. The molecule has 0 bridgehead atoms. The molecule has 0 saturated carbocycles. The second kappa shape index (κ2) is 9.21. The number of rotatable bonds is 4. The highest BCUT2D eigenvalue weighted by molar-refractivity contribution is 6.69. The molecule has 2 heterocycles. The van der Waals surface area contributed by atoms with Crippen LogP contribution in [-0.4, -0.2) is 21.1 Å². The third kappa shape index (κ3) is 4.34. The molecular formula is C25H16ClF2N5O2. The number of nitrogens with zero attached hydrogens (tertiary/aromatic N) is 3. The predicted molar refractivity (Wildman–Crippen MR) is 129 cm³/mol. The number of aromatic nitrogens is 2. The summed E-state index contributed by atoms with van der Waals surface area (Å²) < 4.78 is 29.3. The molecule has 35 heavy (non-hydrogen) atoms. The van der Waals surface area contributed by atoms with Crippen molar-refractivity contribution in [1.29, 1.82) is 0 Å². The smallest absolute Gasteiger partial charge is 0.356 e. The van der Waals surface area contributed by atoms with Crippen LogP contribution in [0.25, 0.3) is 11.1 Å². The fourth-order valence-electron chi connectivity index (χ4n) is 3.89. The van der Waals surface area contributed by atoms with Gasteiger partial charge in [-0.2, -0.15) is 5.90 Å². The number of benzene rings is 2. The largest absolute Gasteiger partial charge is 0.370 e. The summed E-state index contributed by atoms with van der Waals surface area (Å²) in [4.78, 5) is 28.9. The lowest BCUT2D eigenvalue weighted by molar-refractivity contribution is 0.0503. The minimum atomic E-state index is -0.708. The molecule has 7 nitrogen and oxygen atoms in total. The average molecular weight is 492 g/mol. The minimum Gasteiger partial charge on any atom is -0.370 e. The molecule has 0 radical (unpaired) electrons. The Morgan fingerprint density at radius 2 is 1.80 bits per heavy atom. The van der Waals surface area contributed by atoms with Gasteiger partial charge in [0.15, 0.2) is 0 Å². The first-order valence-electron chi connectivity index (χ1n) is 10.4. The number of nitrogens with two attached hydrogens (primary N) is 1. The van der Waals surface area contributed by atoms with Crippen molar-refractivity contribution in [3.05, 3.63) is 107 Å². The van der Waals surface area contributed by atoms with E-state index >= 15 is 0 Å². The number of anilines is 2. The number of hydrogen-bond acceptors (Lipinski definition) is 7. The van der Waals surface area contributed by atoms with Gasteiger partial charge < -0.3 is 10.2 Å². The summed E-state index contributed by atoms with van der Waals surface area (Å²) in [6.07, 6.45) is 6.93. The Morgan fingerprint density at radius 3 is 2.51 bits per heavy atom. The van der Waals surface area contributed by atoms with Crippen LogP contribution < -0.4 is 11.2 Å². The summed E-state index contributed by atoms with van der Waals surface area (Å²) in [5, 5.41) is 3.15. The first kappa shape index (κ1) is 22.6. The molecule has 0 amide bonds. The molecule has 1 aliphatic carbocycles. The van der Waals surface area contributed by atoms with Gasteiger partial charge in [-0.1, -0.05) is 23.7 Å². The van der Waals surface area contributed by atoms with Crippen LogP contribution >= 0.6 is 11.6 Å². The SMILES string of the molecule is NOC(=O)c1ccc(Nc2ncc3c(n2)C2=CN=C(Cl)C=C(c4c(F)cccc4F)C2=CC3)cc1. The van der Waals surface area contributed by atoms with Gasteiger partial charge >= 0.3 is 5.97 Å².